The molecule has 1 N–H and O–H groups in total. The Morgan fingerprint density at radius 1 is 1.24 bits per heavy atom. The molecule has 0 saturated heterocycles. The van der Waals surface area contributed by atoms with E-state index in [1.807, 2.05) is 6.92 Å². The Morgan fingerprint density at radius 3 is 2.66 bits per heavy atom. The molecule has 0 spiro atoms. The number of nitrogens with one attached hydrogen (secondary N) is 1. The molecule has 3 rings (SSSR count). The quantitative estimate of drug-likeness (QED) is 0.613. The summed E-state index contributed by atoms with van der Waals surface area (Å²) < 4.78 is 30.8. The van der Waals surface area contributed by atoms with E-state index in [0.717, 1.165) is 29.4 Å². The Kier molecular flexibility index (Phi) is 7.85. The van der Waals surface area contributed by atoms with Crippen LogP contribution in [-0.4, -0.2) is 39.6 Å². The molecule has 0 unspecified atom stereocenters. The molecule has 9 heteroatoms. The number of aryl methyl sites for hydroxylation is 1. The number of hydrogen-bond acceptors (Lipinski definition) is 5. The zero-order chi connectivity index (χ0) is 20.6. The van der Waals surface area contributed by atoms with E-state index in [1.54, 1.807) is 12.1 Å². The summed E-state index contributed by atoms with van der Waals surface area (Å²) in [7, 11) is 0. The number of alkyl halides is 2. The van der Waals surface area contributed by atoms with Crippen LogP contribution in [0.1, 0.15) is 49.5 Å². The normalized spacial score (nSPS) is 14.9. The molecule has 0 bridgehead atoms. The van der Waals surface area contributed by atoms with E-state index in [9.17, 15) is 13.6 Å². The molecule has 29 heavy (non-hydrogen) atoms. The van der Waals surface area contributed by atoms with Crippen molar-refractivity contribution in [3.05, 3.63) is 35.7 Å². The molecule has 1 saturated carbocycles. The highest BCUT2D eigenvalue weighted by Gasteiger charge is 2.21. The van der Waals surface area contributed by atoms with Crippen LogP contribution in [0.5, 0.6) is 5.75 Å². The first kappa shape index (κ1) is 21.5. The van der Waals surface area contributed by atoms with Crippen molar-refractivity contribution in [2.75, 3.05) is 12.3 Å². The van der Waals surface area contributed by atoms with Crippen molar-refractivity contribution >= 4 is 17.7 Å². The largest absolute Gasteiger partial charge is 0.435 e. The highest BCUT2D eigenvalue weighted by molar-refractivity contribution is 7.99. The third kappa shape index (κ3) is 6.42. The highest BCUT2D eigenvalue weighted by atomic mass is 32.2. The van der Waals surface area contributed by atoms with E-state index in [2.05, 4.69) is 24.8 Å². The lowest BCUT2D eigenvalue weighted by atomic mass is 9.95. The number of thioether (sulfide) groups is 1. The molecular formula is C20H26F2N4O2S. The fourth-order valence-electron chi connectivity index (χ4n) is 3.57. The van der Waals surface area contributed by atoms with Crippen LogP contribution in [-0.2, 0) is 11.2 Å². The second kappa shape index (κ2) is 10.6. The van der Waals surface area contributed by atoms with Crippen molar-refractivity contribution < 1.29 is 18.3 Å². The number of benzene rings is 1. The number of amides is 1. The predicted molar refractivity (Wildman–Crippen MR) is 107 cm³/mol. The van der Waals surface area contributed by atoms with Gasteiger partial charge in [-0.25, -0.2) is 0 Å². The topological polar surface area (TPSA) is 69.0 Å². The van der Waals surface area contributed by atoms with Gasteiger partial charge in [0.2, 0.25) is 5.91 Å². The molecule has 1 amide bonds. The van der Waals surface area contributed by atoms with Crippen molar-refractivity contribution in [1.29, 1.82) is 0 Å². The number of rotatable bonds is 9. The monoisotopic (exact) mass is 424 g/mol. The summed E-state index contributed by atoms with van der Waals surface area (Å²) in [5.74, 6) is 1.25. The number of hydrogen-bond donors (Lipinski definition) is 1. The number of nitrogens with zero attached hydrogens (tertiary/aromatic N) is 3. The van der Waals surface area contributed by atoms with Gasteiger partial charge in [0.1, 0.15) is 11.6 Å². The highest BCUT2D eigenvalue weighted by Crippen LogP contribution is 2.32. The van der Waals surface area contributed by atoms with E-state index < -0.39 is 6.61 Å². The first-order chi connectivity index (χ1) is 14.0. The molecule has 2 aromatic rings. The summed E-state index contributed by atoms with van der Waals surface area (Å²) in [6.07, 6.45) is 6.62. The van der Waals surface area contributed by atoms with Crippen molar-refractivity contribution in [3.63, 3.8) is 0 Å². The Balaban J connectivity index is 1.42. The lowest BCUT2D eigenvalue weighted by Crippen LogP contribution is -2.27. The van der Waals surface area contributed by atoms with Gasteiger partial charge in [-0.2, -0.15) is 8.78 Å². The van der Waals surface area contributed by atoms with Gasteiger partial charge in [-0.1, -0.05) is 43.2 Å². The number of carbonyl (C=O) groups excluding carboxylic acids is 1. The molecule has 1 aromatic heterocycles. The maximum absolute atomic E-state index is 12.2. The van der Waals surface area contributed by atoms with E-state index in [-0.39, 0.29) is 17.4 Å². The van der Waals surface area contributed by atoms with Crippen molar-refractivity contribution in [2.24, 2.45) is 0 Å². The van der Waals surface area contributed by atoms with Gasteiger partial charge in [-0.3, -0.25) is 4.79 Å². The Hall–Kier alpha value is -2.16. The predicted octanol–water partition coefficient (Wildman–Crippen LogP) is 4.14. The van der Waals surface area contributed by atoms with Gasteiger partial charge in [-0.05, 0) is 43.9 Å². The molecule has 6 nitrogen and oxygen atoms in total. The average molecular weight is 425 g/mol. The molecule has 158 valence electrons. The summed E-state index contributed by atoms with van der Waals surface area (Å²) in [4.78, 5) is 12.2. The van der Waals surface area contributed by atoms with Gasteiger partial charge in [0.05, 0.1) is 5.75 Å². The van der Waals surface area contributed by atoms with Crippen LogP contribution in [0.2, 0.25) is 0 Å². The maximum atomic E-state index is 12.2. The minimum atomic E-state index is -2.83. The Morgan fingerprint density at radius 2 is 1.97 bits per heavy atom. The number of aromatic nitrogens is 3. The molecular weight excluding hydrogens is 398 g/mol. The minimum absolute atomic E-state index is 0.0662. The fourth-order valence-corrected chi connectivity index (χ4v) is 4.45. The van der Waals surface area contributed by atoms with Crippen molar-refractivity contribution in [3.8, 4) is 5.75 Å². The first-order valence-corrected chi connectivity index (χ1v) is 10.9. The van der Waals surface area contributed by atoms with Crippen molar-refractivity contribution in [1.82, 2.24) is 20.1 Å². The fraction of sp³-hybridized carbons (Fsp3) is 0.550. The smallest absolute Gasteiger partial charge is 0.387 e. The zero-order valence-electron chi connectivity index (χ0n) is 16.4. The summed E-state index contributed by atoms with van der Waals surface area (Å²) in [6.45, 7) is -0.392. The van der Waals surface area contributed by atoms with Gasteiger partial charge in [0.15, 0.2) is 5.16 Å². The molecule has 1 aliphatic rings. The Bertz CT molecular complexity index is 792. The maximum Gasteiger partial charge on any atom is 0.387 e. The lowest BCUT2D eigenvalue weighted by molar-refractivity contribution is -0.118. The van der Waals surface area contributed by atoms with Crippen LogP contribution >= 0.6 is 11.8 Å². The lowest BCUT2D eigenvalue weighted by Gasteiger charge is -2.24. The van der Waals surface area contributed by atoms with E-state index in [4.69, 9.17) is 0 Å². The second-order valence-electron chi connectivity index (χ2n) is 7.10. The van der Waals surface area contributed by atoms with Gasteiger partial charge in [0.25, 0.3) is 0 Å². The average Bonchev–Trinajstić information content (AvgIpc) is 3.08. The SMILES string of the molecule is Cc1nnc(SCC(=O)NCCc2ccc(OC(F)F)cc2)n1C1CCCCC1. The third-order valence-electron chi connectivity index (χ3n) is 4.99. The van der Waals surface area contributed by atoms with E-state index in [0.29, 0.717) is 19.0 Å². The van der Waals surface area contributed by atoms with Crippen LogP contribution in [0.4, 0.5) is 8.78 Å². The van der Waals surface area contributed by atoms with E-state index in [1.165, 1.54) is 43.2 Å². The summed E-state index contributed by atoms with van der Waals surface area (Å²) >= 11 is 1.41. The van der Waals surface area contributed by atoms with Crippen LogP contribution in [0.15, 0.2) is 29.4 Å². The van der Waals surface area contributed by atoms with Crippen molar-refractivity contribution in [2.45, 2.75) is 63.3 Å². The Labute approximate surface area is 173 Å². The summed E-state index contributed by atoms with van der Waals surface area (Å²) in [6, 6.07) is 6.86. The van der Waals surface area contributed by atoms with Gasteiger partial charge in [0, 0.05) is 12.6 Å². The zero-order valence-corrected chi connectivity index (χ0v) is 17.3. The van der Waals surface area contributed by atoms with Gasteiger partial charge >= 0.3 is 6.61 Å². The molecule has 0 atom stereocenters. The first-order valence-electron chi connectivity index (χ1n) is 9.87. The standard InChI is InChI=1S/C20H26F2N4O2S/c1-14-24-25-20(26(14)16-5-3-2-4-6-16)29-13-18(27)23-12-11-15-7-9-17(10-8-15)28-19(21)22/h7-10,16,19H,2-6,11-13H2,1H3,(H,23,27). The summed E-state index contributed by atoms with van der Waals surface area (Å²) in [5.41, 5.74) is 0.937. The number of halogens is 2. The van der Waals surface area contributed by atoms with Crippen LogP contribution in [0.25, 0.3) is 0 Å². The molecule has 1 aromatic carbocycles. The van der Waals surface area contributed by atoms with Gasteiger partial charge < -0.3 is 14.6 Å². The second-order valence-corrected chi connectivity index (χ2v) is 8.05. The number of carbonyl (C=O) groups is 1. The minimum Gasteiger partial charge on any atom is -0.435 e. The third-order valence-corrected chi connectivity index (χ3v) is 5.93. The molecule has 0 radical (unpaired) electrons. The van der Waals surface area contributed by atoms with Crippen LogP contribution < -0.4 is 10.1 Å². The molecule has 0 aliphatic heterocycles. The molecule has 1 heterocycles. The molecule has 1 aliphatic carbocycles. The summed E-state index contributed by atoms with van der Waals surface area (Å²) in [5, 5.41) is 12.1. The van der Waals surface area contributed by atoms with Crippen LogP contribution in [0, 0.1) is 6.92 Å². The molecule has 1 fully saturated rings. The van der Waals surface area contributed by atoms with Crippen LogP contribution in [0.3, 0.4) is 0 Å². The van der Waals surface area contributed by atoms with Gasteiger partial charge in [-0.15, -0.1) is 10.2 Å². The van der Waals surface area contributed by atoms with E-state index >= 15 is 0 Å². The number of ether oxygens (including phenoxy) is 1.